The fourth-order valence-electron chi connectivity index (χ4n) is 3.84. The molecule has 1 aromatic heterocycles. The number of rotatable bonds is 6. The van der Waals surface area contributed by atoms with Gasteiger partial charge in [0, 0.05) is 18.3 Å². The topological polar surface area (TPSA) is 113 Å². The van der Waals surface area contributed by atoms with Crippen LogP contribution in [0.4, 0.5) is 0 Å². The summed E-state index contributed by atoms with van der Waals surface area (Å²) >= 11 is 0. The lowest BCUT2D eigenvalue weighted by atomic mass is 9.95. The van der Waals surface area contributed by atoms with Crippen LogP contribution in [-0.2, 0) is 16.1 Å². The third-order valence-corrected chi connectivity index (χ3v) is 5.29. The molecule has 0 aliphatic heterocycles. The molecule has 2 atom stereocenters. The number of aromatic nitrogens is 2. The fourth-order valence-corrected chi connectivity index (χ4v) is 3.84. The van der Waals surface area contributed by atoms with Gasteiger partial charge in [-0.3, -0.25) is 19.1 Å². The van der Waals surface area contributed by atoms with Crippen molar-refractivity contribution in [2.45, 2.75) is 70.0 Å². The molecule has 3 N–H and O–H groups in total. The van der Waals surface area contributed by atoms with Crippen LogP contribution in [-0.4, -0.2) is 44.8 Å². The number of hydrogen-bond acceptors (Lipinski definition) is 4. The SMILES string of the molecule is O=C(Cn1cc(C(=O)N[C@@H]2CC[C@H](C(=O)O)C2)cn1)NC1CCCCC1. The average molecular weight is 362 g/mol. The molecule has 2 amide bonds. The van der Waals surface area contributed by atoms with E-state index in [-0.39, 0.29) is 36.4 Å². The quantitative estimate of drug-likeness (QED) is 0.706. The van der Waals surface area contributed by atoms with Crippen LogP contribution >= 0.6 is 0 Å². The zero-order valence-corrected chi connectivity index (χ0v) is 14.8. The Morgan fingerprint density at radius 3 is 2.54 bits per heavy atom. The van der Waals surface area contributed by atoms with E-state index in [1.807, 2.05) is 0 Å². The number of carboxylic acid groups (broad SMARTS) is 1. The standard InChI is InChI=1S/C18H26N4O4/c23-16(20-14-4-2-1-3-5-14)11-22-10-13(9-19-22)17(24)21-15-7-6-12(8-15)18(25)26/h9-10,12,14-15H,1-8,11H2,(H,20,23)(H,21,24)(H,25,26)/t12-,15+/m0/s1. The third-order valence-electron chi connectivity index (χ3n) is 5.29. The minimum atomic E-state index is -0.807. The van der Waals surface area contributed by atoms with E-state index in [9.17, 15) is 14.4 Å². The van der Waals surface area contributed by atoms with Crippen LogP contribution in [0.2, 0.25) is 0 Å². The lowest BCUT2D eigenvalue weighted by molar-refractivity contribution is -0.141. The van der Waals surface area contributed by atoms with Gasteiger partial charge < -0.3 is 15.7 Å². The van der Waals surface area contributed by atoms with E-state index >= 15 is 0 Å². The number of nitrogens with zero attached hydrogens (tertiary/aromatic N) is 2. The Balaban J connectivity index is 1.47. The lowest BCUT2D eigenvalue weighted by Crippen LogP contribution is -2.38. The smallest absolute Gasteiger partial charge is 0.306 e. The van der Waals surface area contributed by atoms with Gasteiger partial charge in [0.2, 0.25) is 5.91 Å². The predicted octanol–water partition coefficient (Wildman–Crippen LogP) is 1.32. The van der Waals surface area contributed by atoms with E-state index in [1.54, 1.807) is 6.20 Å². The van der Waals surface area contributed by atoms with E-state index in [2.05, 4.69) is 15.7 Å². The molecule has 8 nitrogen and oxygen atoms in total. The highest BCUT2D eigenvalue weighted by atomic mass is 16.4. The van der Waals surface area contributed by atoms with Gasteiger partial charge in [-0.25, -0.2) is 0 Å². The van der Waals surface area contributed by atoms with Crippen molar-refractivity contribution in [3.63, 3.8) is 0 Å². The van der Waals surface area contributed by atoms with Crippen molar-refractivity contribution in [3.8, 4) is 0 Å². The summed E-state index contributed by atoms with van der Waals surface area (Å²) in [7, 11) is 0. The maximum atomic E-state index is 12.3. The summed E-state index contributed by atoms with van der Waals surface area (Å²) in [5, 5.41) is 19.0. The van der Waals surface area contributed by atoms with Crippen LogP contribution in [0, 0.1) is 5.92 Å². The lowest BCUT2D eigenvalue weighted by Gasteiger charge is -2.22. The predicted molar refractivity (Wildman–Crippen MR) is 93.5 cm³/mol. The van der Waals surface area contributed by atoms with E-state index < -0.39 is 5.97 Å². The van der Waals surface area contributed by atoms with Crippen LogP contribution in [0.25, 0.3) is 0 Å². The van der Waals surface area contributed by atoms with Crippen LogP contribution in [0.5, 0.6) is 0 Å². The summed E-state index contributed by atoms with van der Waals surface area (Å²) in [6.45, 7) is 0.0916. The van der Waals surface area contributed by atoms with E-state index in [0.29, 0.717) is 24.8 Å². The van der Waals surface area contributed by atoms with Gasteiger partial charge in [0.25, 0.3) is 5.91 Å². The van der Waals surface area contributed by atoms with Crippen LogP contribution < -0.4 is 10.6 Å². The second-order valence-electron chi connectivity index (χ2n) is 7.35. The zero-order chi connectivity index (χ0) is 18.5. The summed E-state index contributed by atoms with van der Waals surface area (Å²) in [6, 6.07) is 0.126. The van der Waals surface area contributed by atoms with Gasteiger partial charge in [-0.2, -0.15) is 5.10 Å². The fraction of sp³-hybridized carbons (Fsp3) is 0.667. The first-order valence-electron chi connectivity index (χ1n) is 9.37. The van der Waals surface area contributed by atoms with Crippen molar-refractivity contribution in [2.24, 2.45) is 5.92 Å². The van der Waals surface area contributed by atoms with Gasteiger partial charge in [-0.1, -0.05) is 19.3 Å². The van der Waals surface area contributed by atoms with Gasteiger partial charge >= 0.3 is 5.97 Å². The maximum Gasteiger partial charge on any atom is 0.306 e. The molecule has 0 spiro atoms. The second kappa shape index (κ2) is 8.33. The Morgan fingerprint density at radius 1 is 1.08 bits per heavy atom. The maximum absolute atomic E-state index is 12.3. The molecule has 0 aromatic carbocycles. The van der Waals surface area contributed by atoms with Crippen molar-refractivity contribution in [1.82, 2.24) is 20.4 Å². The number of nitrogens with one attached hydrogen (secondary N) is 2. The molecule has 0 bridgehead atoms. The number of carboxylic acids is 1. The van der Waals surface area contributed by atoms with Gasteiger partial charge in [0.15, 0.2) is 0 Å². The van der Waals surface area contributed by atoms with Gasteiger partial charge in [0.1, 0.15) is 6.54 Å². The number of carbonyl (C=O) groups excluding carboxylic acids is 2. The minimum absolute atomic E-state index is 0.0907. The van der Waals surface area contributed by atoms with E-state index in [0.717, 1.165) is 25.7 Å². The Bertz CT molecular complexity index is 666. The van der Waals surface area contributed by atoms with Gasteiger partial charge in [0.05, 0.1) is 17.7 Å². The first-order valence-corrected chi connectivity index (χ1v) is 9.37. The van der Waals surface area contributed by atoms with Gasteiger partial charge in [-0.15, -0.1) is 0 Å². The normalized spacial score (nSPS) is 23.5. The van der Waals surface area contributed by atoms with Crippen molar-refractivity contribution >= 4 is 17.8 Å². The van der Waals surface area contributed by atoms with Crippen molar-refractivity contribution in [3.05, 3.63) is 18.0 Å². The third kappa shape index (κ3) is 4.83. The summed E-state index contributed by atoms with van der Waals surface area (Å²) < 4.78 is 1.46. The minimum Gasteiger partial charge on any atom is -0.481 e. The van der Waals surface area contributed by atoms with Crippen molar-refractivity contribution in [2.75, 3.05) is 0 Å². The summed E-state index contributed by atoms with van der Waals surface area (Å²) in [5.74, 6) is -1.56. The van der Waals surface area contributed by atoms with Crippen LogP contribution in [0.15, 0.2) is 12.4 Å². The number of amides is 2. The van der Waals surface area contributed by atoms with E-state index in [4.69, 9.17) is 5.11 Å². The molecule has 2 aliphatic rings. The summed E-state index contributed by atoms with van der Waals surface area (Å²) in [5.41, 5.74) is 0.384. The van der Waals surface area contributed by atoms with Crippen LogP contribution in [0.3, 0.4) is 0 Å². The molecule has 26 heavy (non-hydrogen) atoms. The molecule has 1 aromatic rings. The summed E-state index contributed by atoms with van der Waals surface area (Å²) in [6.07, 6.45) is 10.3. The first kappa shape index (κ1) is 18.4. The molecule has 0 unspecified atom stereocenters. The monoisotopic (exact) mass is 362 g/mol. The molecule has 2 aliphatic carbocycles. The van der Waals surface area contributed by atoms with Gasteiger partial charge in [-0.05, 0) is 32.1 Å². The molecule has 8 heteroatoms. The Kier molecular flexibility index (Phi) is 5.90. The Labute approximate surface area is 152 Å². The number of hydrogen-bond donors (Lipinski definition) is 3. The first-order chi connectivity index (χ1) is 12.5. The molecule has 142 valence electrons. The molecule has 0 saturated heterocycles. The molecule has 2 fully saturated rings. The summed E-state index contributed by atoms with van der Waals surface area (Å²) in [4.78, 5) is 35.4. The highest BCUT2D eigenvalue weighted by Crippen LogP contribution is 2.25. The molecule has 2 saturated carbocycles. The highest BCUT2D eigenvalue weighted by molar-refractivity contribution is 5.94. The average Bonchev–Trinajstić information content (AvgIpc) is 3.25. The molecular formula is C18H26N4O4. The molecule has 1 heterocycles. The second-order valence-corrected chi connectivity index (χ2v) is 7.35. The van der Waals surface area contributed by atoms with Crippen LogP contribution in [0.1, 0.15) is 61.7 Å². The largest absolute Gasteiger partial charge is 0.481 e. The Morgan fingerprint density at radius 2 is 1.85 bits per heavy atom. The number of aliphatic carboxylic acids is 1. The molecule has 0 radical (unpaired) electrons. The van der Waals surface area contributed by atoms with Crippen molar-refractivity contribution in [1.29, 1.82) is 0 Å². The highest BCUT2D eigenvalue weighted by Gasteiger charge is 2.30. The molecule has 3 rings (SSSR count). The Hall–Kier alpha value is -2.38. The number of carbonyl (C=O) groups is 3. The van der Waals surface area contributed by atoms with E-state index in [1.165, 1.54) is 17.3 Å². The van der Waals surface area contributed by atoms with Crippen molar-refractivity contribution < 1.29 is 19.5 Å². The zero-order valence-electron chi connectivity index (χ0n) is 14.8. The molecular weight excluding hydrogens is 336 g/mol.